The molecule has 2 heterocycles. The molecule has 0 spiro atoms. The van der Waals surface area contributed by atoms with Gasteiger partial charge in [-0.05, 0) is 25.1 Å². The Kier molecular flexibility index (Phi) is 4.80. The molecule has 0 saturated heterocycles. The minimum absolute atomic E-state index is 0.110. The lowest BCUT2D eigenvalue weighted by Crippen LogP contribution is -2.23. The van der Waals surface area contributed by atoms with Crippen LogP contribution < -0.4 is 5.32 Å². The summed E-state index contributed by atoms with van der Waals surface area (Å²) in [5, 5.41) is 5.74. The van der Waals surface area contributed by atoms with Crippen molar-refractivity contribution in [2.75, 3.05) is 6.54 Å². The van der Waals surface area contributed by atoms with Crippen LogP contribution in [0.4, 0.5) is 0 Å². The Balaban J connectivity index is 1.74. The van der Waals surface area contributed by atoms with Gasteiger partial charge < -0.3 is 5.32 Å². The summed E-state index contributed by atoms with van der Waals surface area (Å²) in [5.41, 5.74) is 1.80. The first kappa shape index (κ1) is 13.4. The molecule has 0 unspecified atom stereocenters. The smallest absolute Gasteiger partial charge is 0.244 e. The monoisotopic (exact) mass is 273 g/mol. The lowest BCUT2D eigenvalue weighted by molar-refractivity contribution is -0.116. The summed E-state index contributed by atoms with van der Waals surface area (Å²) in [6, 6.07) is 5.76. The zero-order chi connectivity index (χ0) is 13.5. The normalized spacial score (nSPS) is 10.8. The highest BCUT2D eigenvalue weighted by molar-refractivity contribution is 7.09. The number of nitrogens with zero attached hydrogens (tertiary/aromatic N) is 2. The van der Waals surface area contributed by atoms with E-state index in [0.717, 1.165) is 22.8 Å². The molecule has 0 aromatic carbocycles. The molecule has 0 atom stereocenters. The minimum Gasteiger partial charge on any atom is -0.352 e. The highest BCUT2D eigenvalue weighted by Gasteiger charge is 1.98. The van der Waals surface area contributed by atoms with E-state index in [0.29, 0.717) is 6.54 Å². The molecule has 2 rings (SSSR count). The van der Waals surface area contributed by atoms with Gasteiger partial charge in [0.15, 0.2) is 0 Å². The molecule has 2 aromatic rings. The molecule has 0 radical (unpaired) electrons. The van der Waals surface area contributed by atoms with Gasteiger partial charge >= 0.3 is 0 Å². The van der Waals surface area contributed by atoms with Crippen molar-refractivity contribution in [3.63, 3.8) is 0 Å². The third kappa shape index (κ3) is 4.63. The molecule has 1 amide bonds. The second kappa shape index (κ2) is 6.80. The van der Waals surface area contributed by atoms with Crippen LogP contribution in [0.25, 0.3) is 6.08 Å². The summed E-state index contributed by atoms with van der Waals surface area (Å²) in [6.45, 7) is 2.52. The van der Waals surface area contributed by atoms with Crippen molar-refractivity contribution < 1.29 is 4.79 Å². The van der Waals surface area contributed by atoms with E-state index in [-0.39, 0.29) is 5.91 Å². The summed E-state index contributed by atoms with van der Waals surface area (Å²) in [5.74, 6) is -0.110. The van der Waals surface area contributed by atoms with E-state index in [4.69, 9.17) is 0 Å². The van der Waals surface area contributed by atoms with Gasteiger partial charge in [-0.2, -0.15) is 0 Å². The topological polar surface area (TPSA) is 54.9 Å². The molecule has 4 nitrogen and oxygen atoms in total. The molecule has 0 bridgehead atoms. The summed E-state index contributed by atoms with van der Waals surface area (Å²) in [4.78, 5) is 20.0. The van der Waals surface area contributed by atoms with Gasteiger partial charge in [0.25, 0.3) is 0 Å². The quantitative estimate of drug-likeness (QED) is 0.850. The molecular formula is C14H15N3OS. The third-order valence-corrected chi connectivity index (χ3v) is 3.24. The van der Waals surface area contributed by atoms with Gasteiger partial charge in [0.2, 0.25) is 5.91 Å². The number of hydrogen-bond acceptors (Lipinski definition) is 4. The van der Waals surface area contributed by atoms with E-state index in [9.17, 15) is 4.79 Å². The largest absolute Gasteiger partial charge is 0.352 e. The standard InChI is InChI=1S/C14H15N3OS/c1-11-17-13(10-19-11)5-6-14(18)16-9-7-12-4-2-3-8-15-12/h2-6,8,10H,7,9H2,1H3,(H,16,18)/b6-5+. The maximum absolute atomic E-state index is 11.6. The SMILES string of the molecule is Cc1nc(/C=C/C(=O)NCCc2ccccn2)cs1. The summed E-state index contributed by atoms with van der Waals surface area (Å²) < 4.78 is 0. The number of aryl methyl sites for hydroxylation is 1. The fourth-order valence-corrected chi connectivity index (χ4v) is 2.12. The first-order valence-corrected chi connectivity index (χ1v) is 6.90. The number of nitrogens with one attached hydrogen (secondary N) is 1. The number of carbonyl (C=O) groups is 1. The van der Waals surface area contributed by atoms with Gasteiger partial charge in [-0.25, -0.2) is 4.98 Å². The minimum atomic E-state index is -0.110. The highest BCUT2D eigenvalue weighted by Crippen LogP contribution is 2.08. The van der Waals surface area contributed by atoms with Crippen molar-refractivity contribution in [2.45, 2.75) is 13.3 Å². The summed E-state index contributed by atoms with van der Waals surface area (Å²) >= 11 is 1.57. The second-order valence-corrected chi connectivity index (χ2v) is 5.05. The Hall–Kier alpha value is -2.01. The molecule has 0 aliphatic rings. The van der Waals surface area contributed by atoms with E-state index in [1.807, 2.05) is 30.5 Å². The van der Waals surface area contributed by atoms with Crippen LogP contribution in [0.1, 0.15) is 16.4 Å². The zero-order valence-electron chi connectivity index (χ0n) is 10.7. The number of rotatable bonds is 5. The Morgan fingerprint density at radius 3 is 3.05 bits per heavy atom. The molecule has 0 aliphatic heterocycles. The number of carbonyl (C=O) groups excluding carboxylic acids is 1. The molecule has 2 aromatic heterocycles. The zero-order valence-corrected chi connectivity index (χ0v) is 11.5. The van der Waals surface area contributed by atoms with Gasteiger partial charge in [-0.3, -0.25) is 9.78 Å². The van der Waals surface area contributed by atoms with Crippen LogP contribution in [0.2, 0.25) is 0 Å². The lowest BCUT2D eigenvalue weighted by Gasteiger charge is -2.01. The van der Waals surface area contributed by atoms with E-state index in [2.05, 4.69) is 15.3 Å². The van der Waals surface area contributed by atoms with Gasteiger partial charge in [0.1, 0.15) is 0 Å². The number of pyridine rings is 1. The van der Waals surface area contributed by atoms with Crippen molar-refractivity contribution >= 4 is 23.3 Å². The van der Waals surface area contributed by atoms with E-state index >= 15 is 0 Å². The van der Waals surface area contributed by atoms with Gasteiger partial charge in [-0.1, -0.05) is 6.07 Å². The summed E-state index contributed by atoms with van der Waals surface area (Å²) in [7, 11) is 0. The molecule has 0 fully saturated rings. The van der Waals surface area contributed by atoms with Crippen molar-refractivity contribution in [1.82, 2.24) is 15.3 Å². The highest BCUT2D eigenvalue weighted by atomic mass is 32.1. The van der Waals surface area contributed by atoms with Crippen LogP contribution >= 0.6 is 11.3 Å². The average molecular weight is 273 g/mol. The first-order chi connectivity index (χ1) is 9.24. The maximum Gasteiger partial charge on any atom is 0.244 e. The maximum atomic E-state index is 11.6. The number of thiazole rings is 1. The third-order valence-electron chi connectivity index (χ3n) is 2.45. The van der Waals surface area contributed by atoms with Crippen LogP contribution in [0.5, 0.6) is 0 Å². The first-order valence-electron chi connectivity index (χ1n) is 6.02. The van der Waals surface area contributed by atoms with Crippen LogP contribution in [0.3, 0.4) is 0 Å². The Morgan fingerprint density at radius 1 is 1.47 bits per heavy atom. The molecule has 0 aliphatic carbocycles. The predicted octanol–water partition coefficient (Wildman–Crippen LogP) is 2.22. The van der Waals surface area contributed by atoms with E-state index in [1.165, 1.54) is 6.08 Å². The molecule has 1 N–H and O–H groups in total. The fourth-order valence-electron chi connectivity index (χ4n) is 1.54. The van der Waals surface area contributed by atoms with Crippen molar-refractivity contribution in [3.05, 3.63) is 52.2 Å². The Labute approximate surface area is 116 Å². The molecule has 5 heteroatoms. The summed E-state index contributed by atoms with van der Waals surface area (Å²) in [6.07, 6.45) is 5.71. The van der Waals surface area contributed by atoms with Crippen molar-refractivity contribution in [1.29, 1.82) is 0 Å². The predicted molar refractivity (Wildman–Crippen MR) is 76.8 cm³/mol. The number of amides is 1. The number of hydrogen-bond donors (Lipinski definition) is 1. The van der Waals surface area contributed by atoms with Crippen LogP contribution in [0.15, 0.2) is 35.9 Å². The van der Waals surface area contributed by atoms with Crippen LogP contribution in [0, 0.1) is 6.92 Å². The van der Waals surface area contributed by atoms with Crippen LogP contribution in [-0.4, -0.2) is 22.4 Å². The Bertz CT molecular complexity index is 563. The fraction of sp³-hybridized carbons (Fsp3) is 0.214. The van der Waals surface area contributed by atoms with E-state index < -0.39 is 0 Å². The van der Waals surface area contributed by atoms with Crippen LogP contribution in [-0.2, 0) is 11.2 Å². The molecule has 0 saturated carbocycles. The van der Waals surface area contributed by atoms with Gasteiger partial charge in [0.05, 0.1) is 10.7 Å². The number of aromatic nitrogens is 2. The van der Waals surface area contributed by atoms with Gasteiger partial charge in [0, 0.05) is 36.3 Å². The molecule has 19 heavy (non-hydrogen) atoms. The average Bonchev–Trinajstić information content (AvgIpc) is 2.83. The lowest BCUT2D eigenvalue weighted by atomic mass is 10.3. The van der Waals surface area contributed by atoms with E-state index in [1.54, 1.807) is 23.6 Å². The molecular weight excluding hydrogens is 258 g/mol. The van der Waals surface area contributed by atoms with Gasteiger partial charge in [-0.15, -0.1) is 11.3 Å². The molecule has 98 valence electrons. The second-order valence-electron chi connectivity index (χ2n) is 3.99. The van der Waals surface area contributed by atoms with Crippen molar-refractivity contribution in [2.24, 2.45) is 0 Å². The Morgan fingerprint density at radius 2 is 2.37 bits per heavy atom. The van der Waals surface area contributed by atoms with Crippen molar-refractivity contribution in [3.8, 4) is 0 Å².